The molecule has 0 spiro atoms. The topological polar surface area (TPSA) is 167 Å². The third-order valence-electron chi connectivity index (χ3n) is 6.92. The summed E-state index contributed by atoms with van der Waals surface area (Å²) in [7, 11) is 0. The van der Waals surface area contributed by atoms with E-state index in [1.807, 2.05) is 24.3 Å². The number of aliphatic carboxylic acids is 1. The van der Waals surface area contributed by atoms with Gasteiger partial charge in [0, 0.05) is 30.2 Å². The molecular formula is C30H30ClN5O7. The number of benzene rings is 2. The lowest BCUT2D eigenvalue weighted by molar-refractivity contribution is -0.158. The van der Waals surface area contributed by atoms with Gasteiger partial charge >= 0.3 is 5.97 Å². The van der Waals surface area contributed by atoms with Crippen molar-refractivity contribution in [1.29, 1.82) is 0 Å². The third-order valence-corrected chi connectivity index (χ3v) is 7.22. The number of aliphatic hydroxyl groups excluding tert-OH is 2. The van der Waals surface area contributed by atoms with Gasteiger partial charge in [-0.1, -0.05) is 17.7 Å². The molecule has 224 valence electrons. The molecule has 3 atom stereocenters. The Morgan fingerprint density at radius 1 is 1.05 bits per heavy atom. The number of carbonyl (C=O) groups excluding carboxylic acids is 1. The zero-order valence-electron chi connectivity index (χ0n) is 23.0. The third kappa shape index (κ3) is 7.66. The summed E-state index contributed by atoms with van der Waals surface area (Å²) in [5.41, 5.74) is 2.11. The Kier molecular flexibility index (Phi) is 9.50. The summed E-state index contributed by atoms with van der Waals surface area (Å²) in [6.07, 6.45) is 0.943. The van der Waals surface area contributed by atoms with Gasteiger partial charge in [-0.25, -0.2) is 14.8 Å². The first kappa shape index (κ1) is 30.0. The van der Waals surface area contributed by atoms with Crippen LogP contribution < -0.4 is 14.8 Å². The molecule has 0 aliphatic carbocycles. The number of nitrogens with one attached hydrogen (secondary N) is 1. The number of carboxylic acid groups (broad SMARTS) is 1. The van der Waals surface area contributed by atoms with Gasteiger partial charge in [-0.3, -0.25) is 9.78 Å². The lowest BCUT2D eigenvalue weighted by Crippen LogP contribution is -2.55. The van der Waals surface area contributed by atoms with Crippen LogP contribution in [0.1, 0.15) is 25.0 Å². The van der Waals surface area contributed by atoms with Crippen molar-refractivity contribution in [2.45, 2.75) is 44.1 Å². The molecule has 4 N–H and O–H groups in total. The molecule has 5 rings (SSSR count). The molecule has 0 saturated carbocycles. The van der Waals surface area contributed by atoms with Crippen molar-refractivity contribution in [3.63, 3.8) is 0 Å². The van der Waals surface area contributed by atoms with Crippen molar-refractivity contribution < 1.29 is 34.4 Å². The zero-order chi connectivity index (χ0) is 30.3. The molecule has 2 aromatic carbocycles. The molecule has 43 heavy (non-hydrogen) atoms. The maximum Gasteiger partial charge on any atom is 0.326 e. The fraction of sp³-hybridized carbons (Fsp3) is 0.300. The normalized spacial score (nSPS) is 15.8. The van der Waals surface area contributed by atoms with E-state index in [0.29, 0.717) is 51.9 Å². The lowest BCUT2D eigenvalue weighted by atomic mass is 10.0. The largest absolute Gasteiger partial charge is 0.491 e. The second-order valence-electron chi connectivity index (χ2n) is 10.1. The highest BCUT2D eigenvalue weighted by Gasteiger charge is 2.38. The van der Waals surface area contributed by atoms with E-state index in [2.05, 4.69) is 20.3 Å². The number of rotatable bonds is 13. The fourth-order valence-corrected chi connectivity index (χ4v) is 4.85. The predicted octanol–water partition coefficient (Wildman–Crippen LogP) is 3.57. The molecule has 4 aromatic rings. The van der Waals surface area contributed by atoms with E-state index in [1.54, 1.807) is 36.5 Å². The number of halogens is 1. The van der Waals surface area contributed by atoms with Crippen molar-refractivity contribution in [2.24, 2.45) is 0 Å². The molecule has 1 aliphatic rings. The number of anilines is 2. The minimum absolute atomic E-state index is 0.108. The minimum Gasteiger partial charge on any atom is -0.491 e. The van der Waals surface area contributed by atoms with Crippen LogP contribution in [-0.4, -0.2) is 78.4 Å². The number of nitrogens with zero attached hydrogens (tertiary/aromatic N) is 4. The Hall–Kier alpha value is -4.52. The molecule has 1 amide bonds. The standard InChI is InChI=1S/C30H30ClN5O7/c31-24-11-18(4-7-27(24)43-15-19-3-1-2-9-32-19)35-29-23-14-22(5-6-25(23)33-17-34-29)42-16-21(38)12-20(37)13-28(39)36-10-8-26(36)30(40)41/h1-7,9,11,14,17,20-21,26,37-38H,8,10,12-13,15-16H2,(H,40,41)(H,33,34,35). The first-order valence-electron chi connectivity index (χ1n) is 13.6. The number of hydrogen-bond acceptors (Lipinski definition) is 10. The second kappa shape index (κ2) is 13.6. The zero-order valence-corrected chi connectivity index (χ0v) is 23.7. The molecule has 3 unspecified atom stereocenters. The van der Waals surface area contributed by atoms with Crippen LogP contribution in [0.2, 0.25) is 5.02 Å². The molecule has 0 bridgehead atoms. The van der Waals surface area contributed by atoms with Crippen molar-refractivity contribution >= 4 is 45.9 Å². The van der Waals surface area contributed by atoms with E-state index in [0.717, 1.165) is 5.69 Å². The SMILES string of the molecule is O=C(O)C1CCN1C(=O)CC(O)CC(O)COc1ccc2ncnc(Nc3ccc(OCc4ccccn4)c(Cl)c3)c2c1. The molecule has 2 aromatic heterocycles. The highest BCUT2D eigenvalue weighted by atomic mass is 35.5. The highest BCUT2D eigenvalue weighted by Crippen LogP contribution is 2.32. The number of fused-ring (bicyclic) bond motifs is 1. The van der Waals surface area contributed by atoms with Crippen LogP contribution >= 0.6 is 11.6 Å². The molecule has 3 heterocycles. The number of aliphatic hydroxyl groups is 2. The number of ether oxygens (including phenoxy) is 2. The van der Waals surface area contributed by atoms with Gasteiger partial charge < -0.3 is 35.0 Å². The Morgan fingerprint density at radius 3 is 2.63 bits per heavy atom. The van der Waals surface area contributed by atoms with Crippen molar-refractivity contribution in [1.82, 2.24) is 19.9 Å². The monoisotopic (exact) mass is 607 g/mol. The maximum absolute atomic E-state index is 12.3. The molecule has 12 nitrogen and oxygen atoms in total. The van der Waals surface area contributed by atoms with Crippen LogP contribution in [-0.2, 0) is 16.2 Å². The fourth-order valence-electron chi connectivity index (χ4n) is 4.61. The average Bonchev–Trinajstić information content (AvgIpc) is 2.95. The van der Waals surface area contributed by atoms with E-state index < -0.39 is 30.1 Å². The smallest absolute Gasteiger partial charge is 0.326 e. The van der Waals surface area contributed by atoms with Crippen LogP contribution in [0.3, 0.4) is 0 Å². The first-order chi connectivity index (χ1) is 20.8. The number of aromatic nitrogens is 3. The summed E-state index contributed by atoms with van der Waals surface area (Å²) in [6, 6.07) is 15.2. The second-order valence-corrected chi connectivity index (χ2v) is 10.5. The highest BCUT2D eigenvalue weighted by molar-refractivity contribution is 6.32. The number of likely N-dealkylation sites (tertiary alicyclic amines) is 1. The van der Waals surface area contributed by atoms with Gasteiger partial charge in [-0.2, -0.15) is 0 Å². The van der Waals surface area contributed by atoms with Gasteiger partial charge in [0.15, 0.2) is 0 Å². The summed E-state index contributed by atoms with van der Waals surface area (Å²) in [6.45, 7) is 0.491. The van der Waals surface area contributed by atoms with E-state index in [1.165, 1.54) is 11.2 Å². The van der Waals surface area contributed by atoms with E-state index in [4.69, 9.17) is 26.2 Å². The molecule has 1 saturated heterocycles. The average molecular weight is 608 g/mol. The van der Waals surface area contributed by atoms with Gasteiger partial charge in [0.2, 0.25) is 5.91 Å². The Labute approximate surface area is 251 Å². The van der Waals surface area contributed by atoms with Crippen molar-refractivity contribution in [3.8, 4) is 11.5 Å². The number of carbonyl (C=O) groups is 2. The Morgan fingerprint density at radius 2 is 1.91 bits per heavy atom. The summed E-state index contributed by atoms with van der Waals surface area (Å²) >= 11 is 6.46. The maximum atomic E-state index is 12.3. The number of pyridine rings is 1. The first-order valence-corrected chi connectivity index (χ1v) is 14.0. The number of carboxylic acids is 1. The van der Waals surface area contributed by atoms with Crippen LogP contribution in [0.25, 0.3) is 10.9 Å². The number of hydrogen-bond donors (Lipinski definition) is 4. The molecule has 1 fully saturated rings. The van der Waals surface area contributed by atoms with E-state index >= 15 is 0 Å². The van der Waals surface area contributed by atoms with Gasteiger partial charge in [0.25, 0.3) is 0 Å². The summed E-state index contributed by atoms with van der Waals surface area (Å²) in [5, 5.41) is 34.1. The lowest BCUT2D eigenvalue weighted by Gasteiger charge is -2.38. The van der Waals surface area contributed by atoms with Crippen LogP contribution in [0.4, 0.5) is 11.5 Å². The molecule has 0 radical (unpaired) electrons. The quantitative estimate of drug-likeness (QED) is 0.175. The molecule has 13 heteroatoms. The van der Waals surface area contributed by atoms with Crippen molar-refractivity contribution in [2.75, 3.05) is 18.5 Å². The number of amides is 1. The molecular weight excluding hydrogens is 578 g/mol. The Balaban J connectivity index is 1.17. The van der Waals surface area contributed by atoms with Crippen LogP contribution in [0.15, 0.2) is 67.1 Å². The van der Waals surface area contributed by atoms with Gasteiger partial charge in [0.1, 0.15) is 42.9 Å². The van der Waals surface area contributed by atoms with Crippen LogP contribution in [0, 0.1) is 0 Å². The minimum atomic E-state index is -1.14. The summed E-state index contributed by atoms with van der Waals surface area (Å²) in [5.74, 6) is -0.0590. The van der Waals surface area contributed by atoms with E-state index in [-0.39, 0.29) is 26.1 Å². The van der Waals surface area contributed by atoms with Crippen molar-refractivity contribution in [3.05, 3.63) is 77.8 Å². The van der Waals surface area contributed by atoms with Crippen LogP contribution in [0.5, 0.6) is 11.5 Å². The van der Waals surface area contributed by atoms with Gasteiger partial charge in [0.05, 0.1) is 34.9 Å². The summed E-state index contributed by atoms with van der Waals surface area (Å²) < 4.78 is 11.5. The van der Waals surface area contributed by atoms with Gasteiger partial charge in [-0.15, -0.1) is 0 Å². The van der Waals surface area contributed by atoms with E-state index in [9.17, 15) is 19.8 Å². The Bertz CT molecular complexity index is 1590. The predicted molar refractivity (Wildman–Crippen MR) is 157 cm³/mol. The molecule has 1 aliphatic heterocycles. The summed E-state index contributed by atoms with van der Waals surface area (Å²) in [4.78, 5) is 37.5. The van der Waals surface area contributed by atoms with Gasteiger partial charge in [-0.05, 0) is 55.0 Å².